The van der Waals surface area contributed by atoms with Crippen LogP contribution in [0.2, 0.25) is 5.02 Å². The van der Waals surface area contributed by atoms with Crippen LogP contribution < -0.4 is 4.90 Å². The summed E-state index contributed by atoms with van der Waals surface area (Å²) < 4.78 is 0. The summed E-state index contributed by atoms with van der Waals surface area (Å²) in [6.45, 7) is 4.66. The van der Waals surface area contributed by atoms with Crippen LogP contribution in [0.5, 0.6) is 0 Å². The lowest BCUT2D eigenvalue weighted by atomic mass is 9.70. The molecule has 0 bridgehead atoms. The van der Waals surface area contributed by atoms with Crippen LogP contribution in [0.4, 0.5) is 5.69 Å². The number of hydrogen-bond acceptors (Lipinski definition) is 2. The number of amides is 1. The molecule has 0 atom stereocenters. The van der Waals surface area contributed by atoms with Gasteiger partial charge in [-0.25, -0.2) is 0 Å². The van der Waals surface area contributed by atoms with Crippen LogP contribution in [0.3, 0.4) is 0 Å². The standard InChI is InChI=1S/C22H33ClN2O/c1-22(16-17-7-5-4-6-8-17)11-13-25(14-12-22)18-9-10-19(20(23)15-18)21(26)24(2)3/h9-10,15,17H,4-8,11-14,16H2,1-3H3. The molecule has 0 N–H and O–H groups in total. The molecule has 1 heterocycles. The van der Waals surface area contributed by atoms with Crippen LogP contribution in [-0.4, -0.2) is 38.0 Å². The van der Waals surface area contributed by atoms with Crippen LogP contribution in [0.15, 0.2) is 18.2 Å². The van der Waals surface area contributed by atoms with Gasteiger partial charge in [0.1, 0.15) is 0 Å². The molecule has 1 saturated heterocycles. The van der Waals surface area contributed by atoms with Gasteiger partial charge in [-0.15, -0.1) is 0 Å². The zero-order valence-corrected chi connectivity index (χ0v) is 17.3. The lowest BCUT2D eigenvalue weighted by Crippen LogP contribution is -2.39. The Morgan fingerprint density at radius 1 is 1.19 bits per heavy atom. The highest BCUT2D eigenvalue weighted by Crippen LogP contribution is 2.42. The van der Waals surface area contributed by atoms with Crippen LogP contribution in [0.1, 0.15) is 68.6 Å². The molecule has 144 valence electrons. The van der Waals surface area contributed by atoms with Crippen molar-refractivity contribution in [1.29, 1.82) is 0 Å². The van der Waals surface area contributed by atoms with Gasteiger partial charge in [0.05, 0.1) is 10.6 Å². The Hall–Kier alpha value is -1.22. The molecule has 1 amide bonds. The minimum Gasteiger partial charge on any atom is -0.371 e. The molecular formula is C22H33ClN2O. The van der Waals surface area contributed by atoms with Crippen molar-refractivity contribution in [2.45, 2.75) is 58.3 Å². The van der Waals surface area contributed by atoms with E-state index in [1.807, 2.05) is 18.2 Å². The maximum absolute atomic E-state index is 12.2. The van der Waals surface area contributed by atoms with Crippen LogP contribution >= 0.6 is 11.6 Å². The second-order valence-electron chi connectivity index (χ2n) is 8.87. The van der Waals surface area contributed by atoms with E-state index in [0.29, 0.717) is 16.0 Å². The van der Waals surface area contributed by atoms with Gasteiger partial charge in [0.15, 0.2) is 0 Å². The molecule has 1 saturated carbocycles. The Balaban J connectivity index is 1.60. The normalized spacial score (nSPS) is 20.8. The first-order valence-electron chi connectivity index (χ1n) is 10.1. The first kappa shape index (κ1) is 19.5. The van der Waals surface area contributed by atoms with Crippen molar-refractivity contribution in [3.63, 3.8) is 0 Å². The summed E-state index contributed by atoms with van der Waals surface area (Å²) >= 11 is 6.40. The number of anilines is 1. The topological polar surface area (TPSA) is 23.6 Å². The minimum absolute atomic E-state index is 0.0414. The van der Waals surface area contributed by atoms with Gasteiger partial charge in [-0.3, -0.25) is 4.79 Å². The van der Waals surface area contributed by atoms with E-state index in [2.05, 4.69) is 11.8 Å². The summed E-state index contributed by atoms with van der Waals surface area (Å²) in [5.74, 6) is 0.909. The van der Waals surface area contributed by atoms with Crippen molar-refractivity contribution in [3.8, 4) is 0 Å². The van der Waals surface area contributed by atoms with Gasteiger partial charge in [-0.2, -0.15) is 0 Å². The molecule has 26 heavy (non-hydrogen) atoms. The molecule has 0 unspecified atom stereocenters. The van der Waals surface area contributed by atoms with Crippen molar-refractivity contribution >= 4 is 23.2 Å². The van der Waals surface area contributed by atoms with Gasteiger partial charge in [0.25, 0.3) is 5.91 Å². The summed E-state index contributed by atoms with van der Waals surface area (Å²) in [5, 5.41) is 0.553. The molecule has 2 aliphatic rings. The van der Waals surface area contributed by atoms with E-state index in [4.69, 9.17) is 11.6 Å². The lowest BCUT2D eigenvalue weighted by molar-refractivity contribution is 0.0828. The first-order chi connectivity index (χ1) is 12.4. The maximum Gasteiger partial charge on any atom is 0.254 e. The number of nitrogens with zero attached hydrogens (tertiary/aromatic N) is 2. The Labute approximate surface area is 163 Å². The first-order valence-corrected chi connectivity index (χ1v) is 10.5. The molecule has 0 spiro atoms. The SMILES string of the molecule is CN(C)C(=O)c1ccc(N2CCC(C)(CC3CCCCC3)CC2)cc1Cl. The number of rotatable bonds is 4. The van der Waals surface area contributed by atoms with Gasteiger partial charge in [-0.05, 0) is 48.8 Å². The third-order valence-corrected chi connectivity index (χ3v) is 6.74. The fraction of sp³-hybridized carbons (Fsp3) is 0.682. The van der Waals surface area contributed by atoms with E-state index >= 15 is 0 Å². The number of piperidine rings is 1. The zero-order chi connectivity index (χ0) is 18.7. The highest BCUT2D eigenvalue weighted by atomic mass is 35.5. The van der Waals surface area contributed by atoms with Crippen molar-refractivity contribution in [1.82, 2.24) is 4.90 Å². The number of carbonyl (C=O) groups is 1. The molecule has 1 aromatic carbocycles. The molecule has 3 rings (SSSR count). The van der Waals surface area contributed by atoms with Crippen LogP contribution in [0.25, 0.3) is 0 Å². The quantitative estimate of drug-likeness (QED) is 0.680. The predicted molar refractivity (Wildman–Crippen MR) is 110 cm³/mol. The summed E-state index contributed by atoms with van der Waals surface area (Å²) in [4.78, 5) is 16.2. The van der Waals surface area contributed by atoms with Crippen molar-refractivity contribution in [2.75, 3.05) is 32.1 Å². The summed E-state index contributed by atoms with van der Waals surface area (Å²) in [6, 6.07) is 5.88. The van der Waals surface area contributed by atoms with Gasteiger partial charge in [0.2, 0.25) is 0 Å². The van der Waals surface area contributed by atoms with Gasteiger partial charge >= 0.3 is 0 Å². The van der Waals surface area contributed by atoms with E-state index < -0.39 is 0 Å². The number of hydrogen-bond donors (Lipinski definition) is 0. The second-order valence-corrected chi connectivity index (χ2v) is 9.28. The average Bonchev–Trinajstić information content (AvgIpc) is 2.62. The van der Waals surface area contributed by atoms with E-state index in [9.17, 15) is 4.79 Å². The molecule has 1 aliphatic carbocycles. The summed E-state index contributed by atoms with van der Waals surface area (Å²) in [5.41, 5.74) is 2.22. The van der Waals surface area contributed by atoms with E-state index in [1.165, 1.54) is 51.4 Å². The fourth-order valence-corrected chi connectivity index (χ4v) is 4.97. The molecule has 0 radical (unpaired) electrons. The van der Waals surface area contributed by atoms with Crippen LogP contribution in [-0.2, 0) is 0 Å². The molecule has 4 heteroatoms. The third-order valence-electron chi connectivity index (χ3n) is 6.43. The molecule has 2 fully saturated rings. The molecular weight excluding hydrogens is 344 g/mol. The molecule has 1 aromatic rings. The molecule has 1 aliphatic heterocycles. The van der Waals surface area contributed by atoms with Gasteiger partial charge in [0, 0.05) is 32.9 Å². The predicted octanol–water partition coefficient (Wildman–Crippen LogP) is 5.62. The van der Waals surface area contributed by atoms with Crippen molar-refractivity contribution in [2.24, 2.45) is 11.3 Å². The monoisotopic (exact) mass is 376 g/mol. The fourth-order valence-electron chi connectivity index (χ4n) is 4.71. The Morgan fingerprint density at radius 2 is 1.85 bits per heavy atom. The van der Waals surface area contributed by atoms with E-state index in [1.54, 1.807) is 19.0 Å². The number of halogens is 1. The minimum atomic E-state index is -0.0414. The van der Waals surface area contributed by atoms with Crippen molar-refractivity contribution < 1.29 is 4.79 Å². The number of carbonyl (C=O) groups excluding carboxylic acids is 1. The number of benzene rings is 1. The second kappa shape index (κ2) is 8.21. The van der Waals surface area contributed by atoms with Crippen LogP contribution in [0, 0.1) is 11.3 Å². The average molecular weight is 377 g/mol. The van der Waals surface area contributed by atoms with E-state index in [-0.39, 0.29) is 5.91 Å². The largest absolute Gasteiger partial charge is 0.371 e. The van der Waals surface area contributed by atoms with E-state index in [0.717, 1.165) is 24.7 Å². The highest BCUT2D eigenvalue weighted by molar-refractivity contribution is 6.34. The van der Waals surface area contributed by atoms with Gasteiger partial charge < -0.3 is 9.80 Å². The smallest absolute Gasteiger partial charge is 0.254 e. The highest BCUT2D eigenvalue weighted by Gasteiger charge is 2.33. The lowest BCUT2D eigenvalue weighted by Gasteiger charge is -2.43. The maximum atomic E-state index is 12.2. The summed E-state index contributed by atoms with van der Waals surface area (Å²) in [6.07, 6.45) is 11.1. The van der Waals surface area contributed by atoms with Gasteiger partial charge in [-0.1, -0.05) is 50.6 Å². The third kappa shape index (κ3) is 4.54. The Morgan fingerprint density at radius 3 is 2.42 bits per heavy atom. The molecule has 0 aromatic heterocycles. The zero-order valence-electron chi connectivity index (χ0n) is 16.6. The Kier molecular flexibility index (Phi) is 6.17. The molecule has 3 nitrogen and oxygen atoms in total. The van der Waals surface area contributed by atoms with Crippen molar-refractivity contribution in [3.05, 3.63) is 28.8 Å². The summed E-state index contributed by atoms with van der Waals surface area (Å²) in [7, 11) is 3.51. The Bertz CT molecular complexity index is 629.